The molecule has 1 fully saturated rings. The summed E-state index contributed by atoms with van der Waals surface area (Å²) in [5.74, 6) is -0.273. The Labute approximate surface area is 105 Å². The van der Waals surface area contributed by atoms with Gasteiger partial charge in [0.15, 0.2) is 0 Å². The molecule has 2 N–H and O–H groups in total. The van der Waals surface area contributed by atoms with E-state index < -0.39 is 0 Å². The van der Waals surface area contributed by atoms with E-state index in [0.717, 1.165) is 0 Å². The van der Waals surface area contributed by atoms with E-state index in [1.165, 1.54) is 12.1 Å². The maximum atomic E-state index is 13.4. The Balaban J connectivity index is 1.87. The largest absolute Gasteiger partial charge is 0.396 e. The Kier molecular flexibility index (Phi) is 3.99. The van der Waals surface area contributed by atoms with E-state index in [0.29, 0.717) is 36.9 Å². The molecule has 1 aromatic rings. The van der Waals surface area contributed by atoms with E-state index in [4.69, 9.17) is 16.3 Å². The van der Waals surface area contributed by atoms with Gasteiger partial charge in [0.05, 0.1) is 25.2 Å². The molecule has 3 nitrogen and oxygen atoms in total. The molecular formula is C12H15ClFNO2. The van der Waals surface area contributed by atoms with Gasteiger partial charge in [0, 0.05) is 23.7 Å². The summed E-state index contributed by atoms with van der Waals surface area (Å²) in [4.78, 5) is 0. The average molecular weight is 260 g/mol. The number of nitrogens with one attached hydrogen (secondary N) is 1. The van der Waals surface area contributed by atoms with Crippen molar-refractivity contribution in [2.75, 3.05) is 26.4 Å². The van der Waals surface area contributed by atoms with Gasteiger partial charge >= 0.3 is 0 Å². The third-order valence-electron chi connectivity index (χ3n) is 2.98. The fourth-order valence-corrected chi connectivity index (χ4v) is 1.98. The molecule has 0 spiro atoms. The number of halogens is 2. The molecular weight excluding hydrogens is 245 g/mol. The topological polar surface area (TPSA) is 41.5 Å². The van der Waals surface area contributed by atoms with Gasteiger partial charge in [0.25, 0.3) is 0 Å². The summed E-state index contributed by atoms with van der Waals surface area (Å²) in [6, 6.07) is 4.48. The summed E-state index contributed by atoms with van der Waals surface area (Å²) in [6.07, 6.45) is 0. The predicted octanol–water partition coefficient (Wildman–Crippen LogP) is 1.58. The number of aliphatic hydroxyl groups is 1. The van der Waals surface area contributed by atoms with Crippen molar-refractivity contribution in [2.24, 2.45) is 5.41 Å². The van der Waals surface area contributed by atoms with Crippen LogP contribution in [0.15, 0.2) is 18.2 Å². The van der Waals surface area contributed by atoms with Gasteiger partial charge in [-0.1, -0.05) is 11.6 Å². The molecule has 0 bridgehead atoms. The molecule has 0 aromatic heterocycles. The average Bonchev–Trinajstić information content (AvgIpc) is 2.27. The number of hydrogen-bond donors (Lipinski definition) is 2. The van der Waals surface area contributed by atoms with Gasteiger partial charge in [-0.25, -0.2) is 4.39 Å². The predicted molar refractivity (Wildman–Crippen MR) is 63.5 cm³/mol. The maximum Gasteiger partial charge on any atom is 0.127 e. The quantitative estimate of drug-likeness (QED) is 0.844. The highest BCUT2D eigenvalue weighted by atomic mass is 35.5. The molecule has 0 saturated carbocycles. The summed E-state index contributed by atoms with van der Waals surface area (Å²) >= 11 is 5.80. The van der Waals surface area contributed by atoms with E-state index in [-0.39, 0.29) is 17.8 Å². The Hall–Kier alpha value is -0.680. The molecule has 1 aliphatic rings. The number of ether oxygens (including phenoxy) is 1. The van der Waals surface area contributed by atoms with E-state index in [1.54, 1.807) is 6.07 Å². The first-order valence-corrected chi connectivity index (χ1v) is 5.86. The van der Waals surface area contributed by atoms with Gasteiger partial charge in [-0.3, -0.25) is 0 Å². The van der Waals surface area contributed by atoms with Crippen LogP contribution in [0.1, 0.15) is 5.56 Å². The van der Waals surface area contributed by atoms with Crippen LogP contribution in [-0.4, -0.2) is 31.5 Å². The second-order valence-electron chi connectivity index (χ2n) is 4.49. The van der Waals surface area contributed by atoms with E-state index >= 15 is 0 Å². The van der Waals surface area contributed by atoms with Gasteiger partial charge in [0.1, 0.15) is 5.82 Å². The third kappa shape index (κ3) is 2.96. The van der Waals surface area contributed by atoms with Crippen LogP contribution < -0.4 is 5.32 Å². The zero-order valence-electron chi connectivity index (χ0n) is 9.38. The number of rotatable bonds is 5. The van der Waals surface area contributed by atoms with Crippen molar-refractivity contribution in [1.29, 1.82) is 0 Å². The number of benzene rings is 1. The van der Waals surface area contributed by atoms with Gasteiger partial charge in [-0.05, 0) is 18.2 Å². The van der Waals surface area contributed by atoms with Gasteiger partial charge in [-0.15, -0.1) is 0 Å². The summed E-state index contributed by atoms with van der Waals surface area (Å²) < 4.78 is 18.5. The van der Waals surface area contributed by atoms with Crippen molar-refractivity contribution in [3.8, 4) is 0 Å². The first-order chi connectivity index (χ1) is 8.15. The van der Waals surface area contributed by atoms with Crippen molar-refractivity contribution < 1.29 is 14.2 Å². The molecule has 0 aliphatic carbocycles. The SMILES string of the molecule is OCC1(CNCc2cc(Cl)ccc2F)COC1. The third-order valence-corrected chi connectivity index (χ3v) is 3.21. The van der Waals surface area contributed by atoms with Crippen molar-refractivity contribution in [3.05, 3.63) is 34.6 Å². The number of hydrogen-bond acceptors (Lipinski definition) is 3. The monoisotopic (exact) mass is 259 g/mol. The van der Waals surface area contributed by atoms with Crippen molar-refractivity contribution in [2.45, 2.75) is 6.54 Å². The molecule has 1 aliphatic heterocycles. The molecule has 0 radical (unpaired) electrons. The van der Waals surface area contributed by atoms with E-state index in [9.17, 15) is 9.50 Å². The van der Waals surface area contributed by atoms with Crippen LogP contribution in [0.2, 0.25) is 5.02 Å². The van der Waals surface area contributed by atoms with Crippen molar-refractivity contribution >= 4 is 11.6 Å². The molecule has 17 heavy (non-hydrogen) atoms. The zero-order chi connectivity index (χ0) is 12.3. The number of aliphatic hydroxyl groups excluding tert-OH is 1. The lowest BCUT2D eigenvalue weighted by Crippen LogP contribution is -2.52. The lowest BCUT2D eigenvalue weighted by atomic mass is 9.87. The Bertz CT molecular complexity index is 391. The second kappa shape index (κ2) is 5.31. The lowest BCUT2D eigenvalue weighted by molar-refractivity contribution is -0.134. The first-order valence-electron chi connectivity index (χ1n) is 5.48. The van der Waals surface area contributed by atoms with E-state index in [1.807, 2.05) is 0 Å². The molecule has 94 valence electrons. The summed E-state index contributed by atoms with van der Waals surface area (Å²) in [7, 11) is 0. The smallest absolute Gasteiger partial charge is 0.127 e. The molecule has 1 heterocycles. The molecule has 1 saturated heterocycles. The van der Waals surface area contributed by atoms with Crippen LogP contribution in [0.5, 0.6) is 0 Å². The summed E-state index contributed by atoms with van der Waals surface area (Å²) in [6.45, 7) is 2.19. The van der Waals surface area contributed by atoms with Crippen LogP contribution >= 0.6 is 11.6 Å². The van der Waals surface area contributed by atoms with E-state index in [2.05, 4.69) is 5.32 Å². The fourth-order valence-electron chi connectivity index (χ4n) is 1.78. The van der Waals surface area contributed by atoms with Crippen LogP contribution in [-0.2, 0) is 11.3 Å². The van der Waals surface area contributed by atoms with Crippen LogP contribution in [0.3, 0.4) is 0 Å². The summed E-state index contributed by atoms with van der Waals surface area (Å²) in [5, 5.41) is 12.9. The molecule has 2 rings (SSSR count). The minimum Gasteiger partial charge on any atom is -0.396 e. The Morgan fingerprint density at radius 2 is 2.24 bits per heavy atom. The lowest BCUT2D eigenvalue weighted by Gasteiger charge is -2.40. The molecule has 0 amide bonds. The standard InChI is InChI=1S/C12H15ClFNO2/c13-10-1-2-11(14)9(3-10)4-15-5-12(6-16)7-17-8-12/h1-3,15-16H,4-8H2. The minimum atomic E-state index is -0.273. The second-order valence-corrected chi connectivity index (χ2v) is 4.93. The first kappa shape index (κ1) is 12.8. The summed E-state index contributed by atoms with van der Waals surface area (Å²) in [5.41, 5.74) is 0.334. The van der Waals surface area contributed by atoms with Crippen molar-refractivity contribution in [3.63, 3.8) is 0 Å². The highest BCUT2D eigenvalue weighted by molar-refractivity contribution is 6.30. The molecule has 1 aromatic carbocycles. The highest BCUT2D eigenvalue weighted by Gasteiger charge is 2.37. The van der Waals surface area contributed by atoms with Crippen molar-refractivity contribution in [1.82, 2.24) is 5.32 Å². The van der Waals surface area contributed by atoms with Gasteiger partial charge in [-0.2, -0.15) is 0 Å². The molecule has 0 unspecified atom stereocenters. The van der Waals surface area contributed by atoms with Crippen LogP contribution in [0.25, 0.3) is 0 Å². The van der Waals surface area contributed by atoms with Crippen LogP contribution in [0.4, 0.5) is 4.39 Å². The molecule has 5 heteroatoms. The normalized spacial score (nSPS) is 17.8. The maximum absolute atomic E-state index is 13.4. The molecule has 0 atom stereocenters. The van der Waals surface area contributed by atoms with Gasteiger partial charge in [0.2, 0.25) is 0 Å². The van der Waals surface area contributed by atoms with Gasteiger partial charge < -0.3 is 15.2 Å². The van der Waals surface area contributed by atoms with Crippen LogP contribution in [0, 0.1) is 11.2 Å². The Morgan fingerprint density at radius 3 is 2.82 bits per heavy atom. The zero-order valence-corrected chi connectivity index (χ0v) is 10.1. The Morgan fingerprint density at radius 1 is 1.47 bits per heavy atom. The minimum absolute atomic E-state index is 0.0814. The highest BCUT2D eigenvalue weighted by Crippen LogP contribution is 2.25. The fraction of sp³-hybridized carbons (Fsp3) is 0.500.